The van der Waals surface area contributed by atoms with Gasteiger partial charge in [-0.3, -0.25) is 5.01 Å². The SMILES string of the molecule is Cc1ccc(/C=N/N2CC[NH+](C3c4ccccc4-c4ccccc43)CC2)o1. The average Bonchev–Trinajstić information content (AvgIpc) is 3.28. The van der Waals surface area contributed by atoms with Crippen LogP contribution in [0.4, 0.5) is 0 Å². The number of nitrogens with zero attached hydrogens (tertiary/aromatic N) is 2. The van der Waals surface area contributed by atoms with Gasteiger partial charge in [0.05, 0.1) is 32.4 Å². The van der Waals surface area contributed by atoms with Gasteiger partial charge in [0.25, 0.3) is 0 Å². The van der Waals surface area contributed by atoms with Gasteiger partial charge in [-0.2, -0.15) is 5.10 Å². The molecule has 136 valence electrons. The molecule has 4 heteroatoms. The van der Waals surface area contributed by atoms with Gasteiger partial charge in [0.15, 0.2) is 0 Å². The Morgan fingerprint density at radius 3 is 2.15 bits per heavy atom. The number of benzene rings is 2. The zero-order chi connectivity index (χ0) is 18.2. The first-order chi connectivity index (χ1) is 13.3. The highest BCUT2D eigenvalue weighted by Gasteiger charge is 2.37. The molecular weight excluding hydrogens is 334 g/mol. The topological polar surface area (TPSA) is 33.2 Å². The fraction of sp³-hybridized carbons (Fsp3) is 0.261. The third kappa shape index (κ3) is 2.96. The second-order valence-electron chi connectivity index (χ2n) is 7.41. The first kappa shape index (κ1) is 16.3. The summed E-state index contributed by atoms with van der Waals surface area (Å²) in [5, 5.41) is 6.78. The number of hydrogen-bond donors (Lipinski definition) is 1. The summed E-state index contributed by atoms with van der Waals surface area (Å²) in [5.41, 5.74) is 5.74. The van der Waals surface area contributed by atoms with Crippen LogP contribution >= 0.6 is 0 Å². The van der Waals surface area contributed by atoms with Crippen LogP contribution in [0.1, 0.15) is 28.7 Å². The van der Waals surface area contributed by atoms with Crippen molar-refractivity contribution in [3.63, 3.8) is 0 Å². The quantitative estimate of drug-likeness (QED) is 0.731. The summed E-state index contributed by atoms with van der Waals surface area (Å²) in [4.78, 5) is 1.63. The van der Waals surface area contributed by atoms with Crippen molar-refractivity contribution in [2.75, 3.05) is 26.2 Å². The molecule has 3 aromatic rings. The van der Waals surface area contributed by atoms with Crippen LogP contribution in [0.5, 0.6) is 0 Å². The lowest BCUT2D eigenvalue weighted by molar-refractivity contribution is -0.929. The highest BCUT2D eigenvalue weighted by molar-refractivity contribution is 5.78. The zero-order valence-electron chi connectivity index (χ0n) is 15.6. The Labute approximate surface area is 159 Å². The summed E-state index contributed by atoms with van der Waals surface area (Å²) in [6.45, 7) is 6.05. The lowest BCUT2D eigenvalue weighted by Crippen LogP contribution is -3.14. The first-order valence-electron chi connectivity index (χ1n) is 9.68. The first-order valence-corrected chi connectivity index (χ1v) is 9.68. The van der Waals surface area contributed by atoms with Gasteiger partial charge < -0.3 is 9.32 Å². The highest BCUT2D eigenvalue weighted by atomic mass is 16.3. The second-order valence-corrected chi connectivity index (χ2v) is 7.41. The molecule has 0 atom stereocenters. The lowest BCUT2D eigenvalue weighted by atomic mass is 10.0. The van der Waals surface area contributed by atoms with Crippen LogP contribution in [0, 0.1) is 6.92 Å². The van der Waals surface area contributed by atoms with E-state index in [1.165, 1.54) is 22.3 Å². The van der Waals surface area contributed by atoms with E-state index in [0.717, 1.165) is 37.7 Å². The molecule has 2 aliphatic rings. The third-order valence-corrected chi connectivity index (χ3v) is 5.73. The third-order valence-electron chi connectivity index (χ3n) is 5.73. The molecule has 1 saturated heterocycles. The molecule has 4 nitrogen and oxygen atoms in total. The molecule has 0 amide bonds. The molecule has 0 radical (unpaired) electrons. The molecule has 0 unspecified atom stereocenters. The van der Waals surface area contributed by atoms with E-state index in [1.54, 1.807) is 4.90 Å². The summed E-state index contributed by atoms with van der Waals surface area (Å²) in [6, 6.07) is 22.1. The largest absolute Gasteiger partial charge is 0.460 e. The molecule has 0 spiro atoms. The average molecular weight is 358 g/mol. The number of rotatable bonds is 3. The minimum atomic E-state index is 0.441. The molecule has 5 rings (SSSR count). The molecule has 1 aromatic heterocycles. The number of fused-ring (bicyclic) bond motifs is 3. The summed E-state index contributed by atoms with van der Waals surface area (Å²) in [7, 11) is 0. The number of quaternary nitrogens is 1. The Balaban J connectivity index is 1.33. The van der Waals surface area contributed by atoms with Crippen molar-refractivity contribution >= 4 is 6.21 Å². The molecule has 0 bridgehead atoms. The van der Waals surface area contributed by atoms with Gasteiger partial charge in [0, 0.05) is 11.1 Å². The van der Waals surface area contributed by atoms with Gasteiger partial charge in [-0.1, -0.05) is 48.5 Å². The fourth-order valence-electron chi connectivity index (χ4n) is 4.44. The molecule has 1 N–H and O–H groups in total. The molecule has 27 heavy (non-hydrogen) atoms. The van der Waals surface area contributed by atoms with Crippen molar-refractivity contribution in [1.29, 1.82) is 0 Å². The number of hydrogen-bond acceptors (Lipinski definition) is 3. The zero-order valence-corrected chi connectivity index (χ0v) is 15.6. The van der Waals surface area contributed by atoms with E-state index >= 15 is 0 Å². The van der Waals surface area contributed by atoms with Crippen LogP contribution in [0.3, 0.4) is 0 Å². The number of hydrazone groups is 1. The Morgan fingerprint density at radius 2 is 1.56 bits per heavy atom. The predicted octanol–water partition coefficient (Wildman–Crippen LogP) is 2.89. The Morgan fingerprint density at radius 1 is 0.926 bits per heavy atom. The number of furan rings is 1. The Bertz CT molecular complexity index is 937. The van der Waals surface area contributed by atoms with Crippen molar-refractivity contribution in [3.8, 4) is 11.1 Å². The maximum Gasteiger partial charge on any atom is 0.147 e. The summed E-state index contributed by atoms with van der Waals surface area (Å²) in [5.74, 6) is 1.74. The van der Waals surface area contributed by atoms with Gasteiger partial charge in [0.2, 0.25) is 0 Å². The molecule has 1 aliphatic carbocycles. The van der Waals surface area contributed by atoms with Gasteiger partial charge in [-0.25, -0.2) is 0 Å². The van der Waals surface area contributed by atoms with Gasteiger partial charge in [-0.15, -0.1) is 0 Å². The number of aryl methyl sites for hydroxylation is 1. The maximum absolute atomic E-state index is 5.57. The van der Waals surface area contributed by atoms with Crippen molar-refractivity contribution in [2.24, 2.45) is 5.10 Å². The van der Waals surface area contributed by atoms with E-state index in [9.17, 15) is 0 Å². The van der Waals surface area contributed by atoms with E-state index in [1.807, 2.05) is 25.3 Å². The van der Waals surface area contributed by atoms with Gasteiger partial charge >= 0.3 is 0 Å². The molecule has 2 heterocycles. The minimum absolute atomic E-state index is 0.441. The van der Waals surface area contributed by atoms with E-state index in [0.29, 0.717) is 6.04 Å². The molecule has 0 saturated carbocycles. The summed E-state index contributed by atoms with van der Waals surface area (Å²) in [6.07, 6.45) is 1.83. The van der Waals surface area contributed by atoms with Crippen LogP contribution in [0.15, 0.2) is 70.2 Å². The van der Waals surface area contributed by atoms with Crippen LogP contribution in [0.25, 0.3) is 11.1 Å². The summed E-state index contributed by atoms with van der Waals surface area (Å²) >= 11 is 0. The van der Waals surface area contributed by atoms with Crippen LogP contribution in [0.2, 0.25) is 0 Å². The van der Waals surface area contributed by atoms with Crippen LogP contribution in [-0.2, 0) is 0 Å². The predicted molar refractivity (Wildman–Crippen MR) is 107 cm³/mol. The van der Waals surface area contributed by atoms with Crippen LogP contribution in [-0.4, -0.2) is 37.4 Å². The Hall–Kier alpha value is -2.85. The summed E-state index contributed by atoms with van der Waals surface area (Å²) < 4.78 is 5.57. The van der Waals surface area contributed by atoms with Gasteiger partial charge in [0.1, 0.15) is 17.6 Å². The smallest absolute Gasteiger partial charge is 0.147 e. The monoisotopic (exact) mass is 358 g/mol. The molecular formula is C23H24N3O+. The van der Waals surface area contributed by atoms with Gasteiger partial charge in [-0.05, 0) is 30.2 Å². The highest BCUT2D eigenvalue weighted by Crippen LogP contribution is 2.41. The van der Waals surface area contributed by atoms with Crippen molar-refractivity contribution < 1.29 is 9.32 Å². The second kappa shape index (κ2) is 6.71. The van der Waals surface area contributed by atoms with E-state index < -0.39 is 0 Å². The van der Waals surface area contributed by atoms with E-state index in [2.05, 4.69) is 58.6 Å². The standard InChI is InChI=1S/C23H23N3O/c1-17-10-11-18(27-17)16-24-26-14-12-25(13-15-26)23-21-8-4-2-6-19(21)20-7-3-5-9-22(20)23/h2-11,16,23H,12-15H2,1H3/p+1/b24-16+. The van der Waals surface area contributed by atoms with E-state index in [-0.39, 0.29) is 0 Å². The van der Waals surface area contributed by atoms with E-state index in [4.69, 9.17) is 4.42 Å². The van der Waals surface area contributed by atoms with Crippen molar-refractivity contribution in [2.45, 2.75) is 13.0 Å². The molecule has 1 aliphatic heterocycles. The molecule has 1 fully saturated rings. The van der Waals surface area contributed by atoms with Crippen molar-refractivity contribution in [1.82, 2.24) is 5.01 Å². The number of nitrogens with one attached hydrogen (secondary N) is 1. The Kier molecular flexibility index (Phi) is 4.06. The maximum atomic E-state index is 5.57. The minimum Gasteiger partial charge on any atom is -0.460 e. The van der Waals surface area contributed by atoms with Crippen LogP contribution < -0.4 is 4.90 Å². The number of piperazine rings is 1. The van der Waals surface area contributed by atoms with Crippen molar-refractivity contribution in [3.05, 3.63) is 83.3 Å². The fourth-order valence-corrected chi connectivity index (χ4v) is 4.44. The lowest BCUT2D eigenvalue weighted by Gasteiger charge is -2.34. The molecule has 2 aromatic carbocycles. The normalized spacial score (nSPS) is 17.4.